The summed E-state index contributed by atoms with van der Waals surface area (Å²) < 4.78 is 4.96. The number of hydrogen-bond donors (Lipinski definition) is 2. The van der Waals surface area contributed by atoms with Crippen LogP contribution in [0.15, 0.2) is 30.3 Å². The Bertz CT molecular complexity index is 873. The molecule has 3 aliphatic rings. The highest BCUT2D eigenvalue weighted by atomic mass is 16.5. The summed E-state index contributed by atoms with van der Waals surface area (Å²) in [5.41, 5.74) is 4.72. The average molecular weight is 413 g/mol. The van der Waals surface area contributed by atoms with E-state index in [1.54, 1.807) is 30.3 Å². The Kier molecular flexibility index (Phi) is 5.27. The Morgan fingerprint density at radius 1 is 1.03 bits per heavy atom. The Labute approximate surface area is 173 Å². The molecule has 1 aromatic carbocycles. The summed E-state index contributed by atoms with van der Waals surface area (Å²) in [6.45, 7) is 0.780. The highest BCUT2D eigenvalue weighted by molar-refractivity contribution is 6.08. The maximum atomic E-state index is 12.8. The zero-order valence-electron chi connectivity index (χ0n) is 16.5. The van der Waals surface area contributed by atoms with E-state index in [-0.39, 0.29) is 35.5 Å². The van der Waals surface area contributed by atoms with Gasteiger partial charge in [0.2, 0.25) is 11.8 Å². The lowest BCUT2D eigenvalue weighted by molar-refractivity contribution is -0.160. The number of hydrazine groups is 1. The summed E-state index contributed by atoms with van der Waals surface area (Å²) in [6.07, 6.45) is 2.81. The number of esters is 1. The molecule has 4 amide bonds. The molecule has 158 valence electrons. The number of amides is 4. The molecule has 9 heteroatoms. The van der Waals surface area contributed by atoms with Crippen molar-refractivity contribution in [1.82, 2.24) is 15.8 Å². The second-order valence-electron chi connectivity index (χ2n) is 8.08. The minimum atomic E-state index is -1.10. The minimum Gasteiger partial charge on any atom is -0.454 e. The van der Waals surface area contributed by atoms with Crippen molar-refractivity contribution in [3.05, 3.63) is 35.9 Å². The maximum Gasteiger partial charge on any atom is 0.329 e. The van der Waals surface area contributed by atoms with Crippen molar-refractivity contribution in [2.45, 2.75) is 32.2 Å². The van der Waals surface area contributed by atoms with Crippen molar-refractivity contribution in [3.8, 4) is 0 Å². The molecule has 0 aromatic heterocycles. The molecule has 4 rings (SSSR count). The second kappa shape index (κ2) is 7.89. The van der Waals surface area contributed by atoms with Gasteiger partial charge in [-0.15, -0.1) is 0 Å². The highest BCUT2D eigenvalue weighted by Gasteiger charge is 2.62. The Morgan fingerprint density at radius 2 is 1.63 bits per heavy atom. The molecule has 1 aromatic rings. The Morgan fingerprint density at radius 3 is 2.23 bits per heavy atom. The van der Waals surface area contributed by atoms with Crippen LogP contribution in [0.2, 0.25) is 0 Å². The quantitative estimate of drug-likeness (QED) is 0.410. The van der Waals surface area contributed by atoms with E-state index < -0.39 is 30.4 Å². The lowest BCUT2D eigenvalue weighted by Crippen LogP contribution is -2.47. The summed E-state index contributed by atoms with van der Waals surface area (Å²) in [5, 5.41) is 0. The number of ether oxygens (including phenoxy) is 1. The molecular formula is C21H23N3O6. The van der Waals surface area contributed by atoms with Gasteiger partial charge in [0.15, 0.2) is 6.61 Å². The van der Waals surface area contributed by atoms with Gasteiger partial charge >= 0.3 is 5.97 Å². The third-order valence-electron chi connectivity index (χ3n) is 6.39. The standard InChI is InChI=1S/C21H23N3O6/c1-11(24-19(27)16-13-7-8-14(9-13)17(16)20(24)28)21(29)30-10-15(25)22-23-18(26)12-5-3-2-4-6-12/h2-6,11,13-14,16-17H,7-10H2,1H3,(H,22,25)(H,23,26)/t11-,13+,14+,16+,17+/m1/s1. The van der Waals surface area contributed by atoms with Crippen molar-refractivity contribution in [2.24, 2.45) is 23.7 Å². The molecule has 0 unspecified atom stereocenters. The van der Waals surface area contributed by atoms with Crippen LogP contribution >= 0.6 is 0 Å². The van der Waals surface area contributed by atoms with Crippen LogP contribution in [-0.4, -0.2) is 47.1 Å². The highest BCUT2D eigenvalue weighted by Crippen LogP contribution is 2.56. The van der Waals surface area contributed by atoms with Crippen LogP contribution in [0.5, 0.6) is 0 Å². The normalized spacial score (nSPS) is 27.6. The van der Waals surface area contributed by atoms with E-state index in [2.05, 4.69) is 10.9 Å². The molecule has 2 saturated carbocycles. The number of carbonyl (C=O) groups excluding carboxylic acids is 5. The topological polar surface area (TPSA) is 122 Å². The first-order chi connectivity index (χ1) is 14.4. The van der Waals surface area contributed by atoms with Crippen LogP contribution < -0.4 is 10.9 Å². The van der Waals surface area contributed by atoms with Gasteiger partial charge in [0.05, 0.1) is 11.8 Å². The molecule has 2 N–H and O–H groups in total. The number of carbonyl (C=O) groups is 5. The van der Waals surface area contributed by atoms with Crippen molar-refractivity contribution in [1.29, 1.82) is 0 Å². The van der Waals surface area contributed by atoms with Gasteiger partial charge < -0.3 is 4.74 Å². The fourth-order valence-corrected chi connectivity index (χ4v) is 5.00. The third kappa shape index (κ3) is 3.44. The van der Waals surface area contributed by atoms with E-state index >= 15 is 0 Å². The molecule has 0 radical (unpaired) electrons. The molecule has 30 heavy (non-hydrogen) atoms. The van der Waals surface area contributed by atoms with E-state index in [1.165, 1.54) is 6.92 Å². The van der Waals surface area contributed by atoms with Gasteiger partial charge in [-0.2, -0.15) is 0 Å². The van der Waals surface area contributed by atoms with Gasteiger partial charge in [-0.1, -0.05) is 18.2 Å². The molecule has 3 fully saturated rings. The first kappa shape index (κ1) is 20.1. The van der Waals surface area contributed by atoms with E-state index in [1.807, 2.05) is 0 Å². The van der Waals surface area contributed by atoms with Crippen LogP contribution in [0.25, 0.3) is 0 Å². The molecule has 2 aliphatic carbocycles. The molecule has 9 nitrogen and oxygen atoms in total. The predicted molar refractivity (Wildman–Crippen MR) is 102 cm³/mol. The van der Waals surface area contributed by atoms with Crippen LogP contribution in [0.3, 0.4) is 0 Å². The van der Waals surface area contributed by atoms with Gasteiger partial charge in [-0.05, 0) is 50.2 Å². The summed E-state index contributed by atoms with van der Waals surface area (Å²) in [4.78, 5) is 62.6. The first-order valence-corrected chi connectivity index (χ1v) is 10.1. The number of hydrogen-bond acceptors (Lipinski definition) is 6. The van der Waals surface area contributed by atoms with Crippen molar-refractivity contribution < 1.29 is 28.7 Å². The van der Waals surface area contributed by atoms with Crippen molar-refractivity contribution in [3.63, 3.8) is 0 Å². The number of nitrogens with zero attached hydrogens (tertiary/aromatic N) is 1. The molecule has 2 bridgehead atoms. The minimum absolute atomic E-state index is 0.226. The zero-order chi connectivity index (χ0) is 21.4. The van der Waals surface area contributed by atoms with Gasteiger partial charge in [0, 0.05) is 5.56 Å². The lowest BCUT2D eigenvalue weighted by atomic mass is 9.81. The Balaban J connectivity index is 1.27. The van der Waals surface area contributed by atoms with E-state index in [0.29, 0.717) is 5.56 Å². The molecule has 1 saturated heterocycles. The van der Waals surface area contributed by atoms with Crippen molar-refractivity contribution in [2.75, 3.05) is 6.61 Å². The van der Waals surface area contributed by atoms with E-state index in [0.717, 1.165) is 24.2 Å². The van der Waals surface area contributed by atoms with Crippen LogP contribution in [-0.2, 0) is 23.9 Å². The molecule has 5 atom stereocenters. The number of imide groups is 1. The monoisotopic (exact) mass is 413 g/mol. The maximum absolute atomic E-state index is 12.8. The first-order valence-electron chi connectivity index (χ1n) is 10.1. The summed E-state index contributed by atoms with van der Waals surface area (Å²) in [6, 6.07) is 7.18. The SMILES string of the molecule is C[C@H](C(=O)OCC(=O)NNC(=O)c1ccccc1)N1C(=O)[C@H]2[C@H]3CC[C@@H](C3)[C@@H]2C1=O. The Hall–Kier alpha value is -3.23. The zero-order valence-corrected chi connectivity index (χ0v) is 16.5. The average Bonchev–Trinajstić information content (AvgIpc) is 3.44. The summed E-state index contributed by atoms with van der Waals surface area (Å²) >= 11 is 0. The largest absolute Gasteiger partial charge is 0.454 e. The predicted octanol–water partition coefficient (Wildman–Crippen LogP) is 0.410. The number of likely N-dealkylation sites (tertiary alicyclic amines) is 1. The smallest absolute Gasteiger partial charge is 0.329 e. The molecule has 1 aliphatic heterocycles. The third-order valence-corrected chi connectivity index (χ3v) is 6.39. The molecular weight excluding hydrogens is 390 g/mol. The van der Waals surface area contributed by atoms with E-state index in [9.17, 15) is 24.0 Å². The molecule has 0 spiro atoms. The summed E-state index contributed by atoms with van der Waals surface area (Å²) in [7, 11) is 0. The number of rotatable bonds is 5. The summed E-state index contributed by atoms with van der Waals surface area (Å²) in [5.74, 6) is -2.89. The fourth-order valence-electron chi connectivity index (χ4n) is 5.00. The number of nitrogens with one attached hydrogen (secondary N) is 2. The van der Waals surface area contributed by atoms with Crippen molar-refractivity contribution >= 4 is 29.6 Å². The number of benzene rings is 1. The van der Waals surface area contributed by atoms with Crippen LogP contribution in [0.4, 0.5) is 0 Å². The van der Waals surface area contributed by atoms with Gasteiger partial charge in [-0.3, -0.25) is 34.9 Å². The van der Waals surface area contributed by atoms with Crippen LogP contribution in [0, 0.1) is 23.7 Å². The van der Waals surface area contributed by atoms with E-state index in [4.69, 9.17) is 4.74 Å². The number of fused-ring (bicyclic) bond motifs is 5. The van der Waals surface area contributed by atoms with Gasteiger partial charge in [-0.25, -0.2) is 4.79 Å². The van der Waals surface area contributed by atoms with Crippen LogP contribution in [0.1, 0.15) is 36.5 Å². The van der Waals surface area contributed by atoms with Gasteiger partial charge in [0.1, 0.15) is 6.04 Å². The molecule has 1 heterocycles. The second-order valence-corrected chi connectivity index (χ2v) is 8.08. The lowest BCUT2D eigenvalue weighted by Gasteiger charge is -2.23. The van der Waals surface area contributed by atoms with Gasteiger partial charge in [0.25, 0.3) is 11.8 Å². The fraction of sp³-hybridized carbons (Fsp3) is 0.476.